The molecule has 2 N–H and O–H groups in total. The summed E-state index contributed by atoms with van der Waals surface area (Å²) in [5.74, 6) is -0.149. The van der Waals surface area contributed by atoms with Crippen LogP contribution in [0.25, 0.3) is 0 Å². The highest BCUT2D eigenvalue weighted by atomic mass is 16.5. The highest BCUT2D eigenvalue weighted by Gasteiger charge is 2.24. The molecule has 5 heteroatoms. The third-order valence-corrected chi connectivity index (χ3v) is 4.02. The zero-order valence-corrected chi connectivity index (χ0v) is 18.1. The van der Waals surface area contributed by atoms with Gasteiger partial charge in [0.2, 0.25) is 0 Å². The second kappa shape index (κ2) is 9.77. The number of nitrogens with one attached hydrogen (secondary N) is 2. The van der Waals surface area contributed by atoms with Gasteiger partial charge in [0.15, 0.2) is 0 Å². The number of rotatable bonds is 9. The molecule has 0 aliphatic rings. The summed E-state index contributed by atoms with van der Waals surface area (Å²) in [6.07, 6.45) is 0.875. The van der Waals surface area contributed by atoms with E-state index in [2.05, 4.69) is 24.5 Å². The van der Waals surface area contributed by atoms with Crippen molar-refractivity contribution >= 4 is 17.6 Å². The number of carbonyl (C=O) groups excluding carboxylic acids is 2. The summed E-state index contributed by atoms with van der Waals surface area (Å²) < 4.78 is 5.36. The number of carbonyl (C=O) groups is 2. The van der Waals surface area contributed by atoms with Crippen molar-refractivity contribution in [2.24, 2.45) is 11.8 Å². The summed E-state index contributed by atoms with van der Waals surface area (Å²) >= 11 is 0. The van der Waals surface area contributed by atoms with Crippen LogP contribution < -0.4 is 10.6 Å². The fourth-order valence-electron chi connectivity index (χ4n) is 3.10. The van der Waals surface area contributed by atoms with Gasteiger partial charge in [0, 0.05) is 28.4 Å². The van der Waals surface area contributed by atoms with Crippen LogP contribution in [0.5, 0.6) is 0 Å². The number of hydrogen-bond acceptors (Lipinski definition) is 4. The molecular formula is C22H36N2O3. The van der Waals surface area contributed by atoms with E-state index in [1.165, 1.54) is 0 Å². The number of anilines is 1. The number of benzene rings is 1. The van der Waals surface area contributed by atoms with Crippen LogP contribution in [0.4, 0.5) is 5.69 Å². The van der Waals surface area contributed by atoms with Crippen LogP contribution in [0.3, 0.4) is 0 Å². The van der Waals surface area contributed by atoms with Crippen molar-refractivity contribution in [2.45, 2.75) is 80.0 Å². The lowest BCUT2D eigenvalue weighted by Crippen LogP contribution is -2.44. The van der Waals surface area contributed by atoms with Crippen LogP contribution in [0.2, 0.25) is 0 Å². The van der Waals surface area contributed by atoms with Gasteiger partial charge in [-0.2, -0.15) is 0 Å². The quantitative estimate of drug-likeness (QED) is 0.610. The zero-order valence-electron chi connectivity index (χ0n) is 18.1. The van der Waals surface area contributed by atoms with E-state index in [1.807, 2.05) is 45.9 Å². The molecule has 1 aromatic rings. The molecule has 0 saturated carbocycles. The summed E-state index contributed by atoms with van der Waals surface area (Å²) in [4.78, 5) is 24.8. The minimum atomic E-state index is -0.321. The Morgan fingerprint density at radius 1 is 1.07 bits per heavy atom. The van der Waals surface area contributed by atoms with Crippen molar-refractivity contribution < 1.29 is 14.3 Å². The van der Waals surface area contributed by atoms with Crippen molar-refractivity contribution in [2.75, 3.05) is 5.32 Å². The van der Waals surface area contributed by atoms with Crippen LogP contribution in [0.1, 0.15) is 77.7 Å². The van der Waals surface area contributed by atoms with Gasteiger partial charge >= 0.3 is 5.97 Å². The van der Waals surface area contributed by atoms with E-state index in [1.54, 1.807) is 13.8 Å². The van der Waals surface area contributed by atoms with E-state index >= 15 is 0 Å². The Bertz CT molecular complexity index is 649. The first-order chi connectivity index (χ1) is 12.4. The Labute approximate surface area is 164 Å². The number of esters is 1. The average Bonchev–Trinajstić information content (AvgIpc) is 2.50. The predicted octanol–water partition coefficient (Wildman–Crippen LogP) is 4.76. The van der Waals surface area contributed by atoms with E-state index in [0.717, 1.165) is 12.1 Å². The van der Waals surface area contributed by atoms with E-state index in [9.17, 15) is 9.59 Å². The highest BCUT2D eigenvalue weighted by Crippen LogP contribution is 2.21. The monoisotopic (exact) mass is 376 g/mol. The van der Waals surface area contributed by atoms with Crippen LogP contribution in [0.15, 0.2) is 18.2 Å². The van der Waals surface area contributed by atoms with Crippen LogP contribution in [0, 0.1) is 11.8 Å². The van der Waals surface area contributed by atoms with Gasteiger partial charge in [0.25, 0.3) is 5.91 Å². The van der Waals surface area contributed by atoms with Crippen molar-refractivity contribution in [1.29, 1.82) is 0 Å². The molecular weight excluding hydrogens is 340 g/mol. The summed E-state index contributed by atoms with van der Waals surface area (Å²) in [5.41, 5.74) is 1.79. The number of hydrogen-bond donors (Lipinski definition) is 2. The maximum absolute atomic E-state index is 13.0. The summed E-state index contributed by atoms with van der Waals surface area (Å²) in [6.45, 7) is 16.1. The summed E-state index contributed by atoms with van der Waals surface area (Å²) in [7, 11) is 0. The summed E-state index contributed by atoms with van der Waals surface area (Å²) in [5, 5.41) is 6.45. The number of ether oxygens (including phenoxy) is 1. The van der Waals surface area contributed by atoms with Gasteiger partial charge in [0.05, 0.1) is 5.92 Å². The Morgan fingerprint density at radius 2 is 1.70 bits per heavy atom. The Kier molecular flexibility index (Phi) is 8.32. The van der Waals surface area contributed by atoms with E-state index in [4.69, 9.17) is 4.74 Å². The van der Waals surface area contributed by atoms with Crippen molar-refractivity contribution in [3.63, 3.8) is 0 Å². The molecule has 0 aromatic heterocycles. The molecule has 0 bridgehead atoms. The first-order valence-corrected chi connectivity index (χ1v) is 9.80. The van der Waals surface area contributed by atoms with Crippen LogP contribution >= 0.6 is 0 Å². The van der Waals surface area contributed by atoms with Gasteiger partial charge in [0.1, 0.15) is 6.61 Å². The van der Waals surface area contributed by atoms with E-state index in [-0.39, 0.29) is 36.0 Å². The molecule has 152 valence electrons. The van der Waals surface area contributed by atoms with E-state index in [0.29, 0.717) is 17.0 Å². The van der Waals surface area contributed by atoms with Crippen LogP contribution in [-0.2, 0) is 16.1 Å². The lowest BCUT2D eigenvalue weighted by Gasteiger charge is -2.29. The summed E-state index contributed by atoms with van der Waals surface area (Å²) in [6, 6.07) is 5.85. The SMILES string of the molecule is CC(C)CC(C)(C)NC(=O)c1cc(NC(C)C)ccc1COC(=O)C(C)C. The maximum atomic E-state index is 13.0. The lowest BCUT2D eigenvalue weighted by molar-refractivity contribution is -0.148. The third-order valence-electron chi connectivity index (χ3n) is 4.02. The molecule has 0 heterocycles. The highest BCUT2D eigenvalue weighted by molar-refractivity contribution is 5.97. The van der Waals surface area contributed by atoms with Gasteiger partial charge < -0.3 is 15.4 Å². The second-order valence-corrected chi connectivity index (χ2v) is 8.87. The maximum Gasteiger partial charge on any atom is 0.308 e. The first kappa shape index (κ1) is 23.0. The second-order valence-electron chi connectivity index (χ2n) is 8.87. The molecule has 0 spiro atoms. The largest absolute Gasteiger partial charge is 0.461 e. The Hall–Kier alpha value is -2.04. The normalized spacial score (nSPS) is 11.8. The fraction of sp³-hybridized carbons (Fsp3) is 0.636. The minimum Gasteiger partial charge on any atom is -0.461 e. The molecule has 0 aliphatic carbocycles. The Balaban J connectivity index is 3.09. The molecule has 1 aromatic carbocycles. The molecule has 0 unspecified atom stereocenters. The van der Waals surface area contributed by atoms with E-state index < -0.39 is 0 Å². The molecule has 0 radical (unpaired) electrons. The minimum absolute atomic E-state index is 0.0896. The molecule has 1 rings (SSSR count). The topological polar surface area (TPSA) is 67.4 Å². The molecule has 0 aliphatic heterocycles. The Morgan fingerprint density at radius 3 is 2.22 bits per heavy atom. The fourth-order valence-corrected chi connectivity index (χ4v) is 3.10. The molecule has 0 saturated heterocycles. The van der Waals surface area contributed by atoms with Gasteiger partial charge in [-0.05, 0) is 52.2 Å². The van der Waals surface area contributed by atoms with Gasteiger partial charge in [-0.25, -0.2) is 0 Å². The standard InChI is InChI=1S/C22H36N2O3/c1-14(2)12-22(7,8)24-20(25)19-11-18(23-16(5)6)10-9-17(19)13-27-21(26)15(3)4/h9-11,14-16,23H,12-13H2,1-8H3,(H,24,25). The molecule has 0 fully saturated rings. The van der Waals surface area contributed by atoms with Gasteiger partial charge in [-0.15, -0.1) is 0 Å². The lowest BCUT2D eigenvalue weighted by atomic mass is 9.92. The van der Waals surface area contributed by atoms with Crippen molar-refractivity contribution in [3.8, 4) is 0 Å². The third kappa shape index (κ3) is 8.02. The molecule has 27 heavy (non-hydrogen) atoms. The zero-order chi connectivity index (χ0) is 20.8. The first-order valence-electron chi connectivity index (χ1n) is 9.80. The van der Waals surface area contributed by atoms with Gasteiger partial charge in [-0.3, -0.25) is 9.59 Å². The number of amides is 1. The van der Waals surface area contributed by atoms with Crippen molar-refractivity contribution in [3.05, 3.63) is 29.3 Å². The smallest absolute Gasteiger partial charge is 0.308 e. The molecule has 5 nitrogen and oxygen atoms in total. The van der Waals surface area contributed by atoms with Crippen molar-refractivity contribution in [1.82, 2.24) is 5.32 Å². The predicted molar refractivity (Wildman–Crippen MR) is 111 cm³/mol. The average molecular weight is 377 g/mol. The van der Waals surface area contributed by atoms with Gasteiger partial charge in [-0.1, -0.05) is 33.8 Å². The van der Waals surface area contributed by atoms with Crippen LogP contribution in [-0.4, -0.2) is 23.5 Å². The molecule has 1 amide bonds. The molecule has 0 atom stereocenters.